The van der Waals surface area contributed by atoms with Gasteiger partial charge in [0.2, 0.25) is 0 Å². The predicted octanol–water partition coefficient (Wildman–Crippen LogP) is 5.43. The standard InChI is InChI=1S/C22H28F3N3O3S/c1-12(2)9-13(3)31-21(30)28-7-5-14(6-8-28)17-10-16(22(23,24)25)19-18(27-17)15(11-32-19)20(29)26-4/h10-14H,5-9H2,1-4H3,(H,26,29). The Bertz CT molecular complexity index is 982. The van der Waals surface area contributed by atoms with Gasteiger partial charge in [-0.05, 0) is 38.2 Å². The summed E-state index contributed by atoms with van der Waals surface area (Å²) in [5.41, 5.74) is -0.264. The molecule has 32 heavy (non-hydrogen) atoms. The predicted molar refractivity (Wildman–Crippen MR) is 117 cm³/mol. The van der Waals surface area contributed by atoms with Crippen molar-refractivity contribution in [3.63, 3.8) is 0 Å². The van der Waals surface area contributed by atoms with Crippen LogP contribution in [0.3, 0.4) is 0 Å². The number of aromatic nitrogens is 1. The summed E-state index contributed by atoms with van der Waals surface area (Å²) in [6.45, 7) is 6.72. The van der Waals surface area contributed by atoms with Crippen LogP contribution in [-0.4, -0.2) is 48.1 Å². The van der Waals surface area contributed by atoms with E-state index in [4.69, 9.17) is 4.74 Å². The van der Waals surface area contributed by atoms with Gasteiger partial charge in [0.1, 0.15) is 6.10 Å². The number of amides is 2. The fourth-order valence-corrected chi connectivity index (χ4v) is 5.08. The molecule has 3 rings (SSSR count). The van der Waals surface area contributed by atoms with E-state index in [2.05, 4.69) is 24.1 Å². The molecule has 0 saturated carbocycles. The van der Waals surface area contributed by atoms with Crippen molar-refractivity contribution < 1.29 is 27.5 Å². The van der Waals surface area contributed by atoms with Gasteiger partial charge in [-0.3, -0.25) is 9.78 Å². The lowest BCUT2D eigenvalue weighted by molar-refractivity contribution is -0.136. The molecule has 0 radical (unpaired) electrons. The average molecular weight is 472 g/mol. The van der Waals surface area contributed by atoms with Gasteiger partial charge < -0.3 is 15.0 Å². The Hall–Kier alpha value is -2.36. The van der Waals surface area contributed by atoms with E-state index in [9.17, 15) is 22.8 Å². The Morgan fingerprint density at radius 1 is 1.28 bits per heavy atom. The SMILES string of the molecule is CNC(=O)c1csc2c(C(F)(F)F)cc(C3CCN(C(=O)OC(C)CC(C)C)CC3)nc12. The highest BCUT2D eigenvalue weighted by molar-refractivity contribution is 7.17. The maximum Gasteiger partial charge on any atom is 0.417 e. The van der Waals surface area contributed by atoms with Crippen LogP contribution in [0.4, 0.5) is 18.0 Å². The van der Waals surface area contributed by atoms with Crippen LogP contribution in [0.1, 0.15) is 67.6 Å². The molecular weight excluding hydrogens is 443 g/mol. The topological polar surface area (TPSA) is 71.5 Å². The van der Waals surface area contributed by atoms with E-state index in [1.165, 1.54) is 12.4 Å². The number of hydrogen-bond acceptors (Lipinski definition) is 5. The molecule has 1 atom stereocenters. The monoisotopic (exact) mass is 471 g/mol. The smallest absolute Gasteiger partial charge is 0.417 e. The van der Waals surface area contributed by atoms with Crippen LogP contribution < -0.4 is 5.32 Å². The van der Waals surface area contributed by atoms with E-state index in [1.54, 1.807) is 4.90 Å². The largest absolute Gasteiger partial charge is 0.446 e. The number of carbonyl (C=O) groups is 2. The molecule has 3 heterocycles. The summed E-state index contributed by atoms with van der Waals surface area (Å²) in [6.07, 6.45) is -3.43. The Morgan fingerprint density at radius 2 is 1.94 bits per heavy atom. The zero-order valence-corrected chi connectivity index (χ0v) is 19.4. The van der Waals surface area contributed by atoms with E-state index < -0.39 is 23.7 Å². The number of alkyl halides is 3. The van der Waals surface area contributed by atoms with Crippen molar-refractivity contribution in [1.82, 2.24) is 15.2 Å². The van der Waals surface area contributed by atoms with Crippen molar-refractivity contribution in [2.75, 3.05) is 20.1 Å². The molecule has 2 aromatic rings. The molecule has 1 fully saturated rings. The van der Waals surface area contributed by atoms with Gasteiger partial charge in [0.15, 0.2) is 0 Å². The Morgan fingerprint density at radius 3 is 2.50 bits per heavy atom. The highest BCUT2D eigenvalue weighted by Gasteiger charge is 2.36. The summed E-state index contributed by atoms with van der Waals surface area (Å²) in [4.78, 5) is 30.6. The Kier molecular flexibility index (Phi) is 7.32. The maximum absolute atomic E-state index is 13.7. The molecule has 1 N–H and O–H groups in total. The molecular formula is C22H28F3N3O3S. The second-order valence-corrected chi connectivity index (χ2v) is 9.46. The number of halogens is 3. The number of hydrogen-bond donors (Lipinski definition) is 1. The molecule has 2 aromatic heterocycles. The number of nitrogens with zero attached hydrogens (tertiary/aromatic N) is 2. The van der Waals surface area contributed by atoms with Gasteiger partial charge >= 0.3 is 12.3 Å². The van der Waals surface area contributed by atoms with Crippen molar-refractivity contribution in [1.29, 1.82) is 0 Å². The van der Waals surface area contributed by atoms with Gasteiger partial charge in [-0.2, -0.15) is 13.2 Å². The Labute approximate surface area is 189 Å². The van der Waals surface area contributed by atoms with Gasteiger partial charge in [-0.15, -0.1) is 11.3 Å². The zero-order chi connectivity index (χ0) is 23.6. The molecule has 176 valence electrons. The third kappa shape index (κ3) is 5.33. The van der Waals surface area contributed by atoms with Crippen LogP contribution in [-0.2, 0) is 10.9 Å². The van der Waals surface area contributed by atoms with Gasteiger partial charge in [0.05, 0.1) is 21.3 Å². The van der Waals surface area contributed by atoms with Crippen molar-refractivity contribution in [2.24, 2.45) is 5.92 Å². The first-order valence-electron chi connectivity index (χ1n) is 10.7. The minimum absolute atomic E-state index is 0.0417. The quantitative estimate of drug-likeness (QED) is 0.632. The highest BCUT2D eigenvalue weighted by atomic mass is 32.1. The highest BCUT2D eigenvalue weighted by Crippen LogP contribution is 2.41. The first-order valence-corrected chi connectivity index (χ1v) is 11.6. The minimum atomic E-state index is -4.56. The molecule has 0 aliphatic carbocycles. The number of rotatable bonds is 5. The molecule has 0 bridgehead atoms. The third-order valence-corrected chi connectivity index (χ3v) is 6.60. The third-order valence-electron chi connectivity index (χ3n) is 5.60. The van der Waals surface area contributed by atoms with Crippen LogP contribution >= 0.6 is 11.3 Å². The summed E-state index contributed by atoms with van der Waals surface area (Å²) >= 11 is 0.868. The summed E-state index contributed by atoms with van der Waals surface area (Å²) in [6, 6.07) is 1.09. The molecule has 1 aliphatic rings. The fraction of sp³-hybridized carbons (Fsp3) is 0.591. The fourth-order valence-electron chi connectivity index (χ4n) is 4.06. The number of carbonyl (C=O) groups excluding carboxylic acids is 2. The number of thiophene rings is 1. The summed E-state index contributed by atoms with van der Waals surface area (Å²) in [5.74, 6) is -0.304. The molecule has 6 nitrogen and oxygen atoms in total. The van der Waals surface area contributed by atoms with Crippen molar-refractivity contribution >= 4 is 33.6 Å². The second kappa shape index (κ2) is 9.64. The number of likely N-dealkylation sites (tertiary alicyclic amines) is 1. The number of ether oxygens (including phenoxy) is 1. The molecule has 1 aliphatic heterocycles. The maximum atomic E-state index is 13.7. The van der Waals surface area contributed by atoms with Crippen LogP contribution in [0.15, 0.2) is 11.4 Å². The minimum Gasteiger partial charge on any atom is -0.446 e. The number of piperidine rings is 1. The van der Waals surface area contributed by atoms with E-state index in [0.29, 0.717) is 37.5 Å². The van der Waals surface area contributed by atoms with Gasteiger partial charge in [-0.1, -0.05) is 13.8 Å². The molecule has 0 spiro atoms. The average Bonchev–Trinajstić information content (AvgIpc) is 3.15. The van der Waals surface area contributed by atoms with Crippen molar-refractivity contribution in [2.45, 2.75) is 58.2 Å². The van der Waals surface area contributed by atoms with E-state index >= 15 is 0 Å². The molecule has 2 amide bonds. The first kappa shape index (κ1) is 24.3. The van der Waals surface area contributed by atoms with Crippen LogP contribution in [0.5, 0.6) is 0 Å². The number of pyridine rings is 1. The van der Waals surface area contributed by atoms with Gasteiger partial charge in [0.25, 0.3) is 5.91 Å². The van der Waals surface area contributed by atoms with E-state index in [1.807, 2.05) is 6.92 Å². The van der Waals surface area contributed by atoms with Crippen LogP contribution in [0, 0.1) is 5.92 Å². The molecule has 1 unspecified atom stereocenters. The summed E-state index contributed by atoms with van der Waals surface area (Å²) < 4.78 is 46.7. The van der Waals surface area contributed by atoms with E-state index in [-0.39, 0.29) is 27.8 Å². The first-order chi connectivity index (χ1) is 15.0. The lowest BCUT2D eigenvalue weighted by atomic mass is 9.92. The second-order valence-electron chi connectivity index (χ2n) is 8.58. The number of nitrogens with one attached hydrogen (secondary N) is 1. The molecule has 10 heteroatoms. The molecule has 0 aromatic carbocycles. The van der Waals surface area contributed by atoms with Crippen LogP contribution in [0.2, 0.25) is 0 Å². The van der Waals surface area contributed by atoms with Crippen molar-refractivity contribution in [3.05, 3.63) is 28.3 Å². The Balaban J connectivity index is 1.80. The summed E-state index contributed by atoms with van der Waals surface area (Å²) in [7, 11) is 1.43. The zero-order valence-electron chi connectivity index (χ0n) is 18.6. The van der Waals surface area contributed by atoms with Gasteiger partial charge in [-0.25, -0.2) is 4.79 Å². The summed E-state index contributed by atoms with van der Waals surface area (Å²) in [5, 5.41) is 3.86. The normalized spacial score (nSPS) is 16.4. The molecule has 1 saturated heterocycles. The van der Waals surface area contributed by atoms with Crippen molar-refractivity contribution in [3.8, 4) is 0 Å². The van der Waals surface area contributed by atoms with Crippen LogP contribution in [0.25, 0.3) is 10.2 Å². The van der Waals surface area contributed by atoms with E-state index in [0.717, 1.165) is 23.8 Å². The lowest BCUT2D eigenvalue weighted by Gasteiger charge is -2.32. The lowest BCUT2D eigenvalue weighted by Crippen LogP contribution is -2.39. The van der Waals surface area contributed by atoms with Gasteiger partial charge in [0, 0.05) is 37.1 Å². The number of fused-ring (bicyclic) bond motifs is 1.